The summed E-state index contributed by atoms with van der Waals surface area (Å²) in [6, 6.07) is -0.561. The molecule has 1 aliphatic rings. The average molecular weight is 145 g/mol. The molecule has 1 aliphatic heterocycles. The number of hydrogen-bond acceptors (Lipinski definition) is 3. The fourth-order valence-electron chi connectivity index (χ4n) is 0.947. The van der Waals surface area contributed by atoms with Crippen molar-refractivity contribution >= 4 is 6.03 Å². The second kappa shape index (κ2) is 2.85. The van der Waals surface area contributed by atoms with Crippen LogP contribution in [0.4, 0.5) is 4.79 Å². The Balaban J connectivity index is 2.47. The zero-order valence-corrected chi connectivity index (χ0v) is 5.58. The Kier molecular flexibility index (Phi) is 2.08. The predicted molar refractivity (Wildman–Crippen MR) is 35.2 cm³/mol. The first kappa shape index (κ1) is 7.30. The maximum atomic E-state index is 10.5. The third-order valence-corrected chi connectivity index (χ3v) is 1.50. The molecule has 0 radical (unpaired) electrons. The van der Waals surface area contributed by atoms with Crippen LogP contribution in [0.15, 0.2) is 0 Å². The van der Waals surface area contributed by atoms with E-state index in [1.54, 1.807) is 0 Å². The van der Waals surface area contributed by atoms with Gasteiger partial charge in [-0.05, 0) is 0 Å². The van der Waals surface area contributed by atoms with E-state index in [1.165, 1.54) is 4.90 Å². The second-order valence-electron chi connectivity index (χ2n) is 2.22. The topological polar surface area (TPSA) is 78.6 Å². The monoisotopic (exact) mass is 145 g/mol. The van der Waals surface area contributed by atoms with Gasteiger partial charge in [0.2, 0.25) is 0 Å². The van der Waals surface area contributed by atoms with Crippen LogP contribution in [-0.2, 0) is 0 Å². The van der Waals surface area contributed by atoms with Crippen molar-refractivity contribution in [3.05, 3.63) is 0 Å². The molecule has 1 unspecified atom stereocenters. The lowest BCUT2D eigenvalue weighted by molar-refractivity contribution is 0.0180. The van der Waals surface area contributed by atoms with Gasteiger partial charge in [0.25, 0.3) is 0 Å². The summed E-state index contributed by atoms with van der Waals surface area (Å²) in [6.45, 7) is 1.58. The molecule has 10 heavy (non-hydrogen) atoms. The number of aliphatic hydroxyl groups excluding tert-OH is 1. The molecule has 1 rings (SSSR count). The van der Waals surface area contributed by atoms with E-state index in [1.807, 2.05) is 0 Å². The minimum absolute atomic E-state index is 0.406. The van der Waals surface area contributed by atoms with Gasteiger partial charge in [-0.3, -0.25) is 4.90 Å². The summed E-state index contributed by atoms with van der Waals surface area (Å²) in [7, 11) is 0. The van der Waals surface area contributed by atoms with Gasteiger partial charge in [0.05, 0.1) is 0 Å². The number of primary amides is 1. The van der Waals surface area contributed by atoms with Crippen LogP contribution < -0.4 is 11.1 Å². The number of β-amino-alcohol motifs (C(OH)–C–C–N with tert-alkyl or cyclic N) is 1. The zero-order chi connectivity index (χ0) is 7.56. The normalized spacial score (nSPS) is 26.5. The number of nitrogens with zero attached hydrogens (tertiary/aromatic N) is 1. The molecular formula is C5H11N3O2. The lowest BCUT2D eigenvalue weighted by Crippen LogP contribution is -2.55. The fraction of sp³-hybridized carbons (Fsp3) is 0.800. The van der Waals surface area contributed by atoms with Crippen LogP contribution in [0.5, 0.6) is 0 Å². The Labute approximate surface area is 58.8 Å². The number of carbonyl (C=O) groups excluding carboxylic acids is 1. The molecule has 0 spiro atoms. The highest BCUT2D eigenvalue weighted by molar-refractivity contribution is 5.72. The van der Waals surface area contributed by atoms with E-state index in [9.17, 15) is 4.79 Å². The van der Waals surface area contributed by atoms with E-state index in [0.29, 0.717) is 19.6 Å². The van der Waals surface area contributed by atoms with Crippen molar-refractivity contribution in [2.45, 2.75) is 6.23 Å². The number of carbonyl (C=O) groups is 1. The van der Waals surface area contributed by atoms with Gasteiger partial charge in [0.1, 0.15) is 6.23 Å². The van der Waals surface area contributed by atoms with Crippen molar-refractivity contribution in [3.8, 4) is 0 Å². The molecule has 1 fully saturated rings. The molecule has 0 aliphatic carbocycles. The fourth-order valence-corrected chi connectivity index (χ4v) is 0.947. The van der Waals surface area contributed by atoms with Crippen LogP contribution in [0.2, 0.25) is 0 Å². The van der Waals surface area contributed by atoms with Crippen molar-refractivity contribution in [1.82, 2.24) is 10.2 Å². The standard InChI is InChI=1S/C5H11N3O2/c6-5(10)8-2-1-7-3-4(8)9/h4,7,9H,1-3H2,(H2,6,10). The van der Waals surface area contributed by atoms with E-state index < -0.39 is 12.3 Å². The number of aliphatic hydroxyl groups is 1. The number of amides is 2. The Morgan fingerprint density at radius 2 is 2.50 bits per heavy atom. The van der Waals surface area contributed by atoms with E-state index in [4.69, 9.17) is 10.8 Å². The number of urea groups is 1. The van der Waals surface area contributed by atoms with Gasteiger partial charge < -0.3 is 16.2 Å². The smallest absolute Gasteiger partial charge is 0.316 e. The summed E-state index contributed by atoms with van der Waals surface area (Å²) < 4.78 is 0. The molecule has 58 valence electrons. The van der Waals surface area contributed by atoms with Crippen molar-refractivity contribution < 1.29 is 9.90 Å². The lowest BCUT2D eigenvalue weighted by Gasteiger charge is -2.30. The van der Waals surface area contributed by atoms with E-state index in [-0.39, 0.29) is 0 Å². The first-order chi connectivity index (χ1) is 4.72. The first-order valence-corrected chi connectivity index (χ1v) is 3.16. The molecule has 0 aromatic heterocycles. The van der Waals surface area contributed by atoms with Gasteiger partial charge in [-0.1, -0.05) is 0 Å². The Bertz CT molecular complexity index is 139. The maximum Gasteiger partial charge on any atom is 0.316 e. The van der Waals surface area contributed by atoms with Crippen LogP contribution in [0.25, 0.3) is 0 Å². The van der Waals surface area contributed by atoms with Gasteiger partial charge in [0.15, 0.2) is 0 Å². The summed E-state index contributed by atoms with van der Waals surface area (Å²) >= 11 is 0. The number of nitrogens with one attached hydrogen (secondary N) is 1. The SMILES string of the molecule is NC(=O)N1CCNCC1O. The average Bonchev–Trinajstić information content (AvgIpc) is 1.88. The highest BCUT2D eigenvalue weighted by atomic mass is 16.3. The molecule has 1 atom stereocenters. The number of nitrogens with two attached hydrogens (primary N) is 1. The maximum absolute atomic E-state index is 10.5. The lowest BCUT2D eigenvalue weighted by atomic mass is 10.3. The highest BCUT2D eigenvalue weighted by Gasteiger charge is 2.21. The minimum atomic E-state index is -0.758. The van der Waals surface area contributed by atoms with Gasteiger partial charge >= 0.3 is 6.03 Å². The van der Waals surface area contributed by atoms with Crippen LogP contribution in [0, 0.1) is 0 Å². The summed E-state index contributed by atoms with van der Waals surface area (Å²) in [5.74, 6) is 0. The molecule has 0 bridgehead atoms. The Morgan fingerprint density at radius 3 is 2.90 bits per heavy atom. The molecule has 1 saturated heterocycles. The van der Waals surface area contributed by atoms with E-state index in [2.05, 4.69) is 5.32 Å². The van der Waals surface area contributed by atoms with Crippen LogP contribution in [-0.4, -0.2) is 41.9 Å². The first-order valence-electron chi connectivity index (χ1n) is 3.16. The quantitative estimate of drug-likeness (QED) is 0.379. The van der Waals surface area contributed by atoms with Gasteiger partial charge in [-0.15, -0.1) is 0 Å². The van der Waals surface area contributed by atoms with Gasteiger partial charge in [0, 0.05) is 19.6 Å². The Hall–Kier alpha value is -0.810. The molecule has 0 aromatic carbocycles. The van der Waals surface area contributed by atoms with Crippen LogP contribution in [0.1, 0.15) is 0 Å². The summed E-state index contributed by atoms with van der Waals surface area (Å²) in [5.41, 5.74) is 4.96. The molecule has 0 aromatic rings. The van der Waals surface area contributed by atoms with Gasteiger partial charge in [-0.25, -0.2) is 4.79 Å². The molecule has 0 saturated carbocycles. The second-order valence-corrected chi connectivity index (χ2v) is 2.22. The van der Waals surface area contributed by atoms with Crippen LogP contribution in [0.3, 0.4) is 0 Å². The molecular weight excluding hydrogens is 134 g/mol. The third kappa shape index (κ3) is 1.37. The summed E-state index contributed by atoms with van der Waals surface area (Å²) in [4.78, 5) is 11.8. The molecule has 5 nitrogen and oxygen atoms in total. The highest BCUT2D eigenvalue weighted by Crippen LogP contribution is 1.97. The molecule has 1 heterocycles. The molecule has 5 heteroatoms. The number of hydrogen-bond donors (Lipinski definition) is 3. The van der Waals surface area contributed by atoms with Gasteiger partial charge in [-0.2, -0.15) is 0 Å². The van der Waals surface area contributed by atoms with Crippen molar-refractivity contribution in [2.24, 2.45) is 5.73 Å². The minimum Gasteiger partial charge on any atom is -0.372 e. The predicted octanol–water partition coefficient (Wildman–Crippen LogP) is -1.71. The van der Waals surface area contributed by atoms with Crippen molar-refractivity contribution in [3.63, 3.8) is 0 Å². The van der Waals surface area contributed by atoms with Crippen molar-refractivity contribution in [2.75, 3.05) is 19.6 Å². The number of piperazine rings is 1. The summed E-state index contributed by atoms with van der Waals surface area (Å²) in [6.07, 6.45) is -0.758. The molecule has 2 amide bonds. The zero-order valence-electron chi connectivity index (χ0n) is 5.58. The van der Waals surface area contributed by atoms with E-state index in [0.717, 1.165) is 0 Å². The van der Waals surface area contributed by atoms with E-state index >= 15 is 0 Å². The third-order valence-electron chi connectivity index (χ3n) is 1.50. The largest absolute Gasteiger partial charge is 0.372 e. The van der Waals surface area contributed by atoms with Crippen molar-refractivity contribution in [1.29, 1.82) is 0 Å². The Morgan fingerprint density at radius 1 is 1.80 bits per heavy atom. The van der Waals surface area contributed by atoms with Crippen LogP contribution >= 0.6 is 0 Å². The number of rotatable bonds is 0. The summed E-state index contributed by atoms with van der Waals surface area (Å²) in [5, 5.41) is 12.0. The molecule has 4 N–H and O–H groups in total.